The average molecular weight is 236 g/mol. The maximum Gasteiger partial charge on any atom is 0.336 e. The topological polar surface area (TPSA) is 73.9 Å². The van der Waals surface area contributed by atoms with E-state index in [1.165, 1.54) is 0 Å². The van der Waals surface area contributed by atoms with E-state index in [0.717, 1.165) is 43.6 Å². The monoisotopic (exact) mass is 236 g/mol. The molecule has 0 radical (unpaired) electrons. The Morgan fingerprint density at radius 3 is 2.47 bits per heavy atom. The number of hydrogen-bond donors (Lipinski definition) is 1. The van der Waals surface area contributed by atoms with Crippen molar-refractivity contribution in [2.24, 2.45) is 11.7 Å². The van der Waals surface area contributed by atoms with Crippen LogP contribution in [0.15, 0.2) is 0 Å². The van der Waals surface area contributed by atoms with Crippen LogP contribution in [0.5, 0.6) is 6.01 Å². The smallest absolute Gasteiger partial charge is 0.336 e. The predicted octanol–water partition coefficient (Wildman–Crippen LogP) is 1.11. The van der Waals surface area contributed by atoms with Crippen LogP contribution in [0.2, 0.25) is 0 Å². The number of rotatable bonds is 5. The zero-order valence-corrected chi connectivity index (χ0v) is 10.5. The summed E-state index contributed by atoms with van der Waals surface area (Å²) in [5.74, 6) is 0.605. The van der Waals surface area contributed by atoms with Crippen LogP contribution >= 0.6 is 0 Å². The molecule has 5 heteroatoms. The highest BCUT2D eigenvalue weighted by Crippen LogP contribution is 2.29. The fourth-order valence-corrected chi connectivity index (χ4v) is 2.08. The Labute approximate surface area is 102 Å². The average Bonchev–Trinajstić information content (AvgIpc) is 2.32. The van der Waals surface area contributed by atoms with Gasteiger partial charge < -0.3 is 10.5 Å². The van der Waals surface area contributed by atoms with E-state index < -0.39 is 0 Å². The van der Waals surface area contributed by atoms with E-state index in [4.69, 9.17) is 10.5 Å². The van der Waals surface area contributed by atoms with Gasteiger partial charge in [-0.05, 0) is 38.1 Å². The molecule has 1 saturated carbocycles. The van der Waals surface area contributed by atoms with E-state index in [9.17, 15) is 0 Å². The number of aromatic nitrogens is 3. The minimum atomic E-state index is 0.225. The molecule has 1 aromatic heterocycles. The van der Waals surface area contributed by atoms with Crippen LogP contribution in [0.25, 0.3) is 0 Å². The quantitative estimate of drug-likeness (QED) is 0.829. The fraction of sp³-hybridized carbons (Fsp3) is 0.750. The summed E-state index contributed by atoms with van der Waals surface area (Å²) in [6.07, 6.45) is 3.98. The van der Waals surface area contributed by atoms with Crippen LogP contribution in [0, 0.1) is 5.92 Å². The van der Waals surface area contributed by atoms with Crippen molar-refractivity contribution in [1.82, 2.24) is 15.2 Å². The van der Waals surface area contributed by atoms with Crippen molar-refractivity contribution in [3.05, 3.63) is 11.4 Å². The second-order valence-electron chi connectivity index (χ2n) is 4.51. The summed E-state index contributed by atoms with van der Waals surface area (Å²) in [4.78, 5) is 4.41. The highest BCUT2D eigenvalue weighted by atomic mass is 16.5. The third-order valence-corrected chi connectivity index (χ3v) is 3.29. The van der Waals surface area contributed by atoms with E-state index >= 15 is 0 Å². The highest BCUT2D eigenvalue weighted by Gasteiger charge is 2.30. The van der Waals surface area contributed by atoms with Gasteiger partial charge in [0.2, 0.25) is 0 Å². The maximum atomic E-state index is 5.68. The van der Waals surface area contributed by atoms with Gasteiger partial charge in [-0.3, -0.25) is 0 Å². The van der Waals surface area contributed by atoms with E-state index in [1.807, 2.05) is 0 Å². The van der Waals surface area contributed by atoms with Crippen molar-refractivity contribution >= 4 is 0 Å². The molecular formula is C12H20N4O. The molecule has 1 aliphatic rings. The summed E-state index contributed by atoms with van der Waals surface area (Å²) in [5, 5.41) is 8.17. The molecule has 0 saturated heterocycles. The molecule has 0 aliphatic heterocycles. The Morgan fingerprint density at radius 2 is 1.88 bits per heavy atom. The molecule has 1 aliphatic carbocycles. The van der Waals surface area contributed by atoms with Crippen LogP contribution in [0.4, 0.5) is 0 Å². The Hall–Kier alpha value is -1.23. The van der Waals surface area contributed by atoms with Gasteiger partial charge in [-0.1, -0.05) is 18.9 Å². The van der Waals surface area contributed by atoms with Crippen molar-refractivity contribution < 1.29 is 4.74 Å². The highest BCUT2D eigenvalue weighted by molar-refractivity contribution is 5.12. The van der Waals surface area contributed by atoms with Gasteiger partial charge in [0.15, 0.2) is 0 Å². The van der Waals surface area contributed by atoms with Crippen molar-refractivity contribution in [3.8, 4) is 6.01 Å². The lowest BCUT2D eigenvalue weighted by atomic mass is 9.82. The first-order valence-corrected chi connectivity index (χ1v) is 6.36. The van der Waals surface area contributed by atoms with E-state index in [2.05, 4.69) is 29.0 Å². The van der Waals surface area contributed by atoms with Crippen molar-refractivity contribution in [1.29, 1.82) is 0 Å². The lowest BCUT2D eigenvalue weighted by molar-refractivity contribution is 0.0589. The van der Waals surface area contributed by atoms with Gasteiger partial charge in [0.25, 0.3) is 0 Å². The minimum Gasteiger partial charge on any atom is -0.459 e. The van der Waals surface area contributed by atoms with Gasteiger partial charge in [-0.2, -0.15) is 4.98 Å². The van der Waals surface area contributed by atoms with Gasteiger partial charge >= 0.3 is 6.01 Å². The van der Waals surface area contributed by atoms with Crippen LogP contribution in [-0.4, -0.2) is 27.8 Å². The van der Waals surface area contributed by atoms with Crippen LogP contribution in [0.1, 0.15) is 38.1 Å². The molecule has 0 aromatic carbocycles. The SMILES string of the molecule is CCc1nnc(OC2CC(CN)C2)nc1CC. The molecule has 1 fully saturated rings. The number of ether oxygens (including phenoxy) is 1. The zero-order valence-electron chi connectivity index (χ0n) is 10.5. The van der Waals surface area contributed by atoms with E-state index in [-0.39, 0.29) is 6.10 Å². The molecular weight excluding hydrogens is 216 g/mol. The summed E-state index contributed by atoms with van der Waals surface area (Å²) in [5.41, 5.74) is 7.53. The normalized spacial score (nSPS) is 23.2. The van der Waals surface area contributed by atoms with Crippen LogP contribution in [0.3, 0.4) is 0 Å². The molecule has 17 heavy (non-hydrogen) atoms. The molecule has 0 spiro atoms. The Kier molecular flexibility index (Phi) is 3.89. The molecule has 0 unspecified atom stereocenters. The second kappa shape index (κ2) is 5.40. The number of hydrogen-bond acceptors (Lipinski definition) is 5. The van der Waals surface area contributed by atoms with Crippen molar-refractivity contribution in [3.63, 3.8) is 0 Å². The largest absolute Gasteiger partial charge is 0.459 e. The molecule has 0 bridgehead atoms. The minimum absolute atomic E-state index is 0.225. The van der Waals surface area contributed by atoms with Gasteiger partial charge in [-0.15, -0.1) is 5.10 Å². The second-order valence-corrected chi connectivity index (χ2v) is 4.51. The molecule has 2 N–H and O–H groups in total. The third-order valence-electron chi connectivity index (χ3n) is 3.29. The summed E-state index contributed by atoms with van der Waals surface area (Å²) in [7, 11) is 0. The summed E-state index contributed by atoms with van der Waals surface area (Å²) >= 11 is 0. The first-order chi connectivity index (χ1) is 8.26. The van der Waals surface area contributed by atoms with Crippen molar-refractivity contribution in [2.75, 3.05) is 6.54 Å². The van der Waals surface area contributed by atoms with Crippen LogP contribution < -0.4 is 10.5 Å². The van der Waals surface area contributed by atoms with E-state index in [0.29, 0.717) is 11.9 Å². The molecule has 2 rings (SSSR count). The van der Waals surface area contributed by atoms with Gasteiger partial charge in [0.1, 0.15) is 6.10 Å². The Morgan fingerprint density at radius 1 is 1.18 bits per heavy atom. The lowest BCUT2D eigenvalue weighted by Gasteiger charge is -2.33. The molecule has 94 valence electrons. The standard InChI is InChI=1S/C12H20N4O/c1-3-10-11(4-2)15-16-12(14-10)17-9-5-8(6-9)7-13/h8-9H,3-7,13H2,1-2H3. The summed E-state index contributed by atoms with van der Waals surface area (Å²) in [6.45, 7) is 4.87. The Balaban J connectivity index is 1.97. The summed E-state index contributed by atoms with van der Waals surface area (Å²) < 4.78 is 5.68. The number of nitrogens with zero attached hydrogens (tertiary/aromatic N) is 3. The van der Waals surface area contributed by atoms with Crippen molar-refractivity contribution in [2.45, 2.75) is 45.6 Å². The molecule has 0 amide bonds. The zero-order chi connectivity index (χ0) is 12.3. The number of nitrogens with two attached hydrogens (primary N) is 1. The molecule has 1 aromatic rings. The lowest BCUT2D eigenvalue weighted by Crippen LogP contribution is -2.38. The fourth-order valence-electron chi connectivity index (χ4n) is 2.08. The van der Waals surface area contributed by atoms with E-state index in [1.54, 1.807) is 0 Å². The van der Waals surface area contributed by atoms with Crippen LogP contribution in [-0.2, 0) is 12.8 Å². The summed E-state index contributed by atoms with van der Waals surface area (Å²) in [6, 6.07) is 0.416. The molecule has 1 heterocycles. The predicted molar refractivity (Wildman–Crippen MR) is 64.8 cm³/mol. The van der Waals surface area contributed by atoms with Gasteiger partial charge in [-0.25, -0.2) is 0 Å². The molecule has 5 nitrogen and oxygen atoms in total. The first-order valence-electron chi connectivity index (χ1n) is 6.36. The maximum absolute atomic E-state index is 5.68. The first kappa shape index (κ1) is 12.2. The Bertz CT molecular complexity index is 377. The van der Waals surface area contributed by atoms with Gasteiger partial charge in [0, 0.05) is 0 Å². The third kappa shape index (κ3) is 2.72. The van der Waals surface area contributed by atoms with Gasteiger partial charge in [0.05, 0.1) is 11.4 Å². The molecule has 0 atom stereocenters. The number of aryl methyl sites for hydroxylation is 2.